The second-order valence-electron chi connectivity index (χ2n) is 4.30. The van der Waals surface area contributed by atoms with Crippen molar-refractivity contribution < 1.29 is 8.78 Å². The largest absolute Gasteiger partial charge is 0.314 e. The average Bonchev–Trinajstić information content (AvgIpc) is 2.38. The van der Waals surface area contributed by atoms with Crippen LogP contribution in [0.4, 0.5) is 8.78 Å². The molecule has 0 unspecified atom stereocenters. The van der Waals surface area contributed by atoms with E-state index < -0.39 is 6.67 Å². The number of piperazine rings is 1. The predicted molar refractivity (Wildman–Crippen MR) is 71.4 cm³/mol. The third-order valence-corrected chi connectivity index (χ3v) is 3.24. The van der Waals surface area contributed by atoms with Gasteiger partial charge >= 0.3 is 0 Å². The summed E-state index contributed by atoms with van der Waals surface area (Å²) in [5, 5.41) is 3.25. The summed E-state index contributed by atoms with van der Waals surface area (Å²) in [7, 11) is 0. The first-order valence-electron chi connectivity index (χ1n) is 6.08. The molecule has 0 radical (unpaired) electrons. The molecule has 1 saturated heterocycles. The molecule has 102 valence electrons. The monoisotopic (exact) mass is 276 g/mol. The third kappa shape index (κ3) is 3.64. The summed E-state index contributed by atoms with van der Waals surface area (Å²) in [6.45, 7) is 3.05. The molecule has 0 aliphatic carbocycles. The maximum Gasteiger partial charge on any atom is 0.127 e. The molecular formula is C13H19ClF2N2. The van der Waals surface area contributed by atoms with Crippen LogP contribution < -0.4 is 5.32 Å². The number of rotatable bonds is 4. The molecule has 1 N–H and O–H groups in total. The van der Waals surface area contributed by atoms with E-state index in [-0.39, 0.29) is 24.3 Å². The Kier molecular flexibility index (Phi) is 6.54. The van der Waals surface area contributed by atoms with Crippen molar-refractivity contribution in [2.75, 3.05) is 32.9 Å². The average molecular weight is 277 g/mol. The van der Waals surface area contributed by atoms with E-state index in [1.54, 1.807) is 12.1 Å². The smallest absolute Gasteiger partial charge is 0.127 e. The topological polar surface area (TPSA) is 15.3 Å². The molecule has 1 heterocycles. The maximum absolute atomic E-state index is 13.8. The summed E-state index contributed by atoms with van der Waals surface area (Å²) in [6.07, 6.45) is 0.362. The van der Waals surface area contributed by atoms with Gasteiger partial charge in [-0.3, -0.25) is 9.29 Å². The number of nitrogens with one attached hydrogen (secondary N) is 1. The van der Waals surface area contributed by atoms with E-state index in [9.17, 15) is 8.78 Å². The minimum absolute atomic E-state index is 0. The summed E-state index contributed by atoms with van der Waals surface area (Å²) in [5.74, 6) is -0.232. The Morgan fingerprint density at radius 2 is 1.89 bits per heavy atom. The van der Waals surface area contributed by atoms with Crippen molar-refractivity contribution in [3.8, 4) is 0 Å². The minimum Gasteiger partial charge on any atom is -0.314 e. The highest BCUT2D eigenvalue weighted by Crippen LogP contribution is 2.26. The zero-order chi connectivity index (χ0) is 12.1. The van der Waals surface area contributed by atoms with E-state index >= 15 is 0 Å². The lowest BCUT2D eigenvalue weighted by Gasteiger charge is -2.35. The molecule has 1 fully saturated rings. The van der Waals surface area contributed by atoms with E-state index in [1.807, 2.05) is 6.07 Å². The van der Waals surface area contributed by atoms with Crippen LogP contribution in [0.3, 0.4) is 0 Å². The third-order valence-electron chi connectivity index (χ3n) is 3.24. The van der Waals surface area contributed by atoms with Gasteiger partial charge in [0, 0.05) is 37.8 Å². The first kappa shape index (κ1) is 15.3. The molecule has 2 rings (SSSR count). The molecule has 0 aromatic heterocycles. The summed E-state index contributed by atoms with van der Waals surface area (Å²) in [4.78, 5) is 2.16. The van der Waals surface area contributed by atoms with Crippen LogP contribution in [0, 0.1) is 5.82 Å². The van der Waals surface area contributed by atoms with Gasteiger partial charge in [0.25, 0.3) is 0 Å². The molecule has 1 aliphatic heterocycles. The molecule has 2 nitrogen and oxygen atoms in total. The molecule has 0 amide bonds. The van der Waals surface area contributed by atoms with E-state index in [0.717, 1.165) is 26.2 Å². The van der Waals surface area contributed by atoms with E-state index in [0.29, 0.717) is 12.0 Å². The van der Waals surface area contributed by atoms with Crippen molar-refractivity contribution in [2.24, 2.45) is 0 Å². The van der Waals surface area contributed by atoms with Gasteiger partial charge in [0.15, 0.2) is 0 Å². The fourth-order valence-corrected chi connectivity index (χ4v) is 2.38. The first-order chi connectivity index (χ1) is 8.33. The van der Waals surface area contributed by atoms with Crippen LogP contribution >= 0.6 is 12.4 Å². The Hall–Kier alpha value is -0.710. The Bertz CT molecular complexity index is 357. The second kappa shape index (κ2) is 7.67. The minimum atomic E-state index is -0.414. The highest BCUT2D eigenvalue weighted by molar-refractivity contribution is 5.85. The molecule has 5 heteroatoms. The van der Waals surface area contributed by atoms with Gasteiger partial charge in [-0.1, -0.05) is 18.2 Å². The summed E-state index contributed by atoms with van der Waals surface area (Å²) in [5.41, 5.74) is 0.618. The number of nitrogens with zero attached hydrogens (tertiary/aromatic N) is 1. The molecule has 1 atom stereocenters. The van der Waals surface area contributed by atoms with Gasteiger partial charge in [-0.05, 0) is 12.5 Å². The van der Waals surface area contributed by atoms with Gasteiger partial charge in [0.2, 0.25) is 0 Å². The Morgan fingerprint density at radius 1 is 1.22 bits per heavy atom. The zero-order valence-electron chi connectivity index (χ0n) is 10.2. The number of benzene rings is 1. The molecule has 1 aromatic carbocycles. The molecule has 1 aromatic rings. The number of alkyl halides is 1. The van der Waals surface area contributed by atoms with E-state index in [2.05, 4.69) is 10.2 Å². The molecular weight excluding hydrogens is 258 g/mol. The van der Waals surface area contributed by atoms with Crippen molar-refractivity contribution in [3.05, 3.63) is 35.6 Å². The molecule has 0 bridgehead atoms. The lowest BCUT2D eigenvalue weighted by molar-refractivity contribution is 0.154. The van der Waals surface area contributed by atoms with Crippen LogP contribution in [0.2, 0.25) is 0 Å². The van der Waals surface area contributed by atoms with E-state index in [4.69, 9.17) is 0 Å². The van der Waals surface area contributed by atoms with E-state index in [1.165, 1.54) is 6.07 Å². The molecule has 0 spiro atoms. The molecule has 1 aliphatic rings. The van der Waals surface area contributed by atoms with Crippen molar-refractivity contribution in [1.29, 1.82) is 0 Å². The van der Waals surface area contributed by atoms with Crippen LogP contribution in [0.5, 0.6) is 0 Å². The molecule has 18 heavy (non-hydrogen) atoms. The lowest BCUT2D eigenvalue weighted by Crippen LogP contribution is -2.45. The van der Waals surface area contributed by atoms with Crippen molar-refractivity contribution in [1.82, 2.24) is 10.2 Å². The van der Waals surface area contributed by atoms with Gasteiger partial charge in [0.1, 0.15) is 5.82 Å². The van der Waals surface area contributed by atoms with Crippen LogP contribution in [-0.4, -0.2) is 37.8 Å². The number of halogens is 3. The summed E-state index contributed by atoms with van der Waals surface area (Å²) >= 11 is 0. The highest BCUT2D eigenvalue weighted by Gasteiger charge is 2.23. The van der Waals surface area contributed by atoms with Gasteiger partial charge in [-0.25, -0.2) is 4.39 Å². The van der Waals surface area contributed by atoms with Crippen LogP contribution in [0.25, 0.3) is 0 Å². The lowest BCUT2D eigenvalue weighted by atomic mass is 10.0. The fraction of sp³-hybridized carbons (Fsp3) is 0.538. The normalized spacial score (nSPS) is 18.1. The Labute approximate surface area is 113 Å². The van der Waals surface area contributed by atoms with Gasteiger partial charge < -0.3 is 5.32 Å². The number of hydrogen-bond donors (Lipinski definition) is 1. The fourth-order valence-electron chi connectivity index (χ4n) is 2.38. The summed E-state index contributed by atoms with van der Waals surface area (Å²) < 4.78 is 26.4. The Morgan fingerprint density at radius 3 is 2.50 bits per heavy atom. The predicted octanol–water partition coefficient (Wildman–Crippen LogP) is 2.55. The van der Waals surface area contributed by atoms with Crippen molar-refractivity contribution in [3.63, 3.8) is 0 Å². The zero-order valence-corrected chi connectivity index (χ0v) is 11.1. The van der Waals surface area contributed by atoms with Crippen LogP contribution in [-0.2, 0) is 0 Å². The molecule has 0 saturated carbocycles. The van der Waals surface area contributed by atoms with Crippen LogP contribution in [0.1, 0.15) is 18.0 Å². The van der Waals surface area contributed by atoms with Crippen LogP contribution in [0.15, 0.2) is 24.3 Å². The quantitative estimate of drug-likeness (QED) is 0.909. The van der Waals surface area contributed by atoms with Gasteiger partial charge in [-0.2, -0.15) is 0 Å². The van der Waals surface area contributed by atoms with Crippen molar-refractivity contribution >= 4 is 12.4 Å². The Balaban J connectivity index is 0.00000162. The summed E-state index contributed by atoms with van der Waals surface area (Å²) in [6, 6.07) is 6.55. The first-order valence-corrected chi connectivity index (χ1v) is 6.08. The van der Waals surface area contributed by atoms with Gasteiger partial charge in [-0.15, -0.1) is 12.4 Å². The standard InChI is InChI=1S/C13H18F2N2.ClH/c14-6-5-13(17-9-7-16-8-10-17)11-3-1-2-4-12(11)15;/h1-4,13,16H,5-10H2;1H/t13-;/m0./s1. The highest BCUT2D eigenvalue weighted by atomic mass is 35.5. The maximum atomic E-state index is 13.8. The van der Waals surface area contributed by atoms with Gasteiger partial charge in [0.05, 0.1) is 6.67 Å². The SMILES string of the molecule is Cl.FCC[C@@H](c1ccccc1F)N1CCNCC1. The van der Waals surface area contributed by atoms with Crippen molar-refractivity contribution in [2.45, 2.75) is 12.5 Å². The number of hydrogen-bond acceptors (Lipinski definition) is 2. The second-order valence-corrected chi connectivity index (χ2v) is 4.30.